The molecule has 4 heteroatoms. The molecule has 1 heterocycles. The van der Waals surface area contributed by atoms with E-state index in [0.29, 0.717) is 5.69 Å². The quantitative estimate of drug-likeness (QED) is 0.543. The summed E-state index contributed by atoms with van der Waals surface area (Å²) < 4.78 is 0. The second-order valence-corrected chi connectivity index (χ2v) is 3.67. The van der Waals surface area contributed by atoms with Gasteiger partial charge in [-0.15, -0.1) is 11.8 Å². The molecular weight excluding hydrogens is 182 g/mol. The molecule has 68 valence electrons. The van der Waals surface area contributed by atoms with Crippen molar-refractivity contribution in [1.82, 2.24) is 9.97 Å². The van der Waals surface area contributed by atoms with Crippen LogP contribution in [-0.2, 0) is 0 Å². The summed E-state index contributed by atoms with van der Waals surface area (Å²) in [5.74, 6) is 1.07. The molecule has 0 fully saturated rings. The van der Waals surface area contributed by atoms with Gasteiger partial charge in [0.25, 0.3) is 0 Å². The summed E-state index contributed by atoms with van der Waals surface area (Å²) in [4.78, 5) is 8.03. The summed E-state index contributed by atoms with van der Waals surface area (Å²) in [6.45, 7) is 2.16. The highest BCUT2D eigenvalue weighted by Gasteiger charge is 1.96. The number of nitriles is 1. The topological polar surface area (TPSA) is 49.6 Å². The number of hydrogen-bond acceptors (Lipinski definition) is 4. The van der Waals surface area contributed by atoms with Gasteiger partial charge < -0.3 is 0 Å². The monoisotopic (exact) mass is 193 g/mol. The number of thioether (sulfide) groups is 1. The molecule has 0 saturated carbocycles. The predicted octanol–water partition coefficient (Wildman–Crippen LogP) is 2.24. The van der Waals surface area contributed by atoms with Crippen LogP contribution in [0.3, 0.4) is 0 Å². The van der Waals surface area contributed by atoms with Gasteiger partial charge in [-0.3, -0.25) is 0 Å². The van der Waals surface area contributed by atoms with E-state index in [-0.39, 0.29) is 0 Å². The van der Waals surface area contributed by atoms with E-state index in [2.05, 4.69) is 16.9 Å². The van der Waals surface area contributed by atoms with E-state index in [4.69, 9.17) is 5.26 Å². The molecule has 0 N–H and O–H groups in total. The van der Waals surface area contributed by atoms with Gasteiger partial charge in [-0.1, -0.05) is 13.3 Å². The molecule has 13 heavy (non-hydrogen) atoms. The Hall–Kier alpha value is -1.08. The van der Waals surface area contributed by atoms with Crippen LogP contribution in [0.2, 0.25) is 0 Å². The van der Waals surface area contributed by atoms with E-state index in [1.54, 1.807) is 18.0 Å². The van der Waals surface area contributed by atoms with Crippen molar-refractivity contribution in [2.24, 2.45) is 0 Å². The smallest absolute Gasteiger partial charge is 0.158 e. The first kappa shape index (κ1) is 10.0. The van der Waals surface area contributed by atoms with Crippen LogP contribution in [-0.4, -0.2) is 15.7 Å². The standard InChI is InChI=1S/C9H11N3S/c1-2-3-4-13-9-7-11-8(5-10)6-12-9/h6-7H,2-4H2,1H3. The van der Waals surface area contributed by atoms with E-state index in [1.165, 1.54) is 19.0 Å². The molecular formula is C9H11N3S. The van der Waals surface area contributed by atoms with Gasteiger partial charge in [0.05, 0.1) is 12.4 Å². The van der Waals surface area contributed by atoms with Gasteiger partial charge >= 0.3 is 0 Å². The second kappa shape index (κ2) is 5.55. The van der Waals surface area contributed by atoms with Gasteiger partial charge in [-0.25, -0.2) is 9.97 Å². The first-order valence-electron chi connectivity index (χ1n) is 4.21. The van der Waals surface area contributed by atoms with Crippen molar-refractivity contribution in [3.63, 3.8) is 0 Å². The third-order valence-electron chi connectivity index (χ3n) is 1.49. The Labute approximate surface area is 82.2 Å². The Morgan fingerprint density at radius 2 is 2.31 bits per heavy atom. The minimum Gasteiger partial charge on any atom is -0.245 e. The predicted molar refractivity (Wildman–Crippen MR) is 52.4 cm³/mol. The van der Waals surface area contributed by atoms with Crippen molar-refractivity contribution >= 4 is 11.8 Å². The second-order valence-electron chi connectivity index (χ2n) is 2.55. The van der Waals surface area contributed by atoms with E-state index in [9.17, 15) is 0 Å². The van der Waals surface area contributed by atoms with Crippen LogP contribution >= 0.6 is 11.8 Å². The molecule has 0 amide bonds. The van der Waals surface area contributed by atoms with Gasteiger partial charge in [-0.2, -0.15) is 5.26 Å². The molecule has 1 rings (SSSR count). The van der Waals surface area contributed by atoms with Crippen molar-refractivity contribution in [3.8, 4) is 6.07 Å². The molecule has 3 nitrogen and oxygen atoms in total. The lowest BCUT2D eigenvalue weighted by molar-refractivity contribution is 0.893. The molecule has 0 unspecified atom stereocenters. The van der Waals surface area contributed by atoms with Crippen molar-refractivity contribution in [2.75, 3.05) is 5.75 Å². The van der Waals surface area contributed by atoms with E-state index < -0.39 is 0 Å². The van der Waals surface area contributed by atoms with E-state index >= 15 is 0 Å². The molecule has 0 aliphatic rings. The van der Waals surface area contributed by atoms with Crippen LogP contribution in [0, 0.1) is 11.3 Å². The third kappa shape index (κ3) is 3.43. The van der Waals surface area contributed by atoms with Gasteiger partial charge in [0.2, 0.25) is 0 Å². The minimum absolute atomic E-state index is 0.375. The molecule has 0 aliphatic carbocycles. The zero-order chi connectivity index (χ0) is 9.52. The fraction of sp³-hybridized carbons (Fsp3) is 0.444. The molecule has 0 aromatic carbocycles. The lowest BCUT2D eigenvalue weighted by Gasteiger charge is -1.97. The van der Waals surface area contributed by atoms with Gasteiger partial charge in [-0.05, 0) is 12.2 Å². The maximum absolute atomic E-state index is 8.48. The van der Waals surface area contributed by atoms with Gasteiger partial charge in [0, 0.05) is 0 Å². The molecule has 0 atom stereocenters. The molecule has 0 bridgehead atoms. The maximum atomic E-state index is 8.48. The summed E-state index contributed by atoms with van der Waals surface area (Å²) in [6.07, 6.45) is 5.54. The zero-order valence-electron chi connectivity index (χ0n) is 7.53. The first-order valence-corrected chi connectivity index (χ1v) is 5.20. The molecule has 1 aromatic heterocycles. The number of unbranched alkanes of at least 4 members (excludes halogenated alkanes) is 1. The largest absolute Gasteiger partial charge is 0.245 e. The highest BCUT2D eigenvalue weighted by atomic mass is 32.2. The fourth-order valence-electron chi connectivity index (χ4n) is 0.770. The van der Waals surface area contributed by atoms with Gasteiger partial charge in [0.1, 0.15) is 11.1 Å². The third-order valence-corrected chi connectivity index (χ3v) is 2.49. The summed E-state index contributed by atoms with van der Waals surface area (Å²) in [6, 6.07) is 1.94. The SMILES string of the molecule is CCCCSc1cnc(C#N)cn1. The lowest BCUT2D eigenvalue weighted by Crippen LogP contribution is -1.87. The number of nitrogens with zero attached hydrogens (tertiary/aromatic N) is 3. The Kier molecular flexibility index (Phi) is 4.27. The van der Waals surface area contributed by atoms with Crippen LogP contribution in [0.15, 0.2) is 17.4 Å². The highest BCUT2D eigenvalue weighted by molar-refractivity contribution is 7.99. The average Bonchev–Trinajstić information content (AvgIpc) is 2.19. The molecule has 0 spiro atoms. The highest BCUT2D eigenvalue weighted by Crippen LogP contribution is 2.14. The molecule has 0 saturated heterocycles. The summed E-state index contributed by atoms with van der Waals surface area (Å²) in [5, 5.41) is 9.38. The van der Waals surface area contributed by atoms with Crippen LogP contribution < -0.4 is 0 Å². The molecule has 0 radical (unpaired) electrons. The van der Waals surface area contributed by atoms with Crippen molar-refractivity contribution in [1.29, 1.82) is 5.26 Å². The summed E-state index contributed by atoms with van der Waals surface area (Å²) in [5.41, 5.74) is 0.375. The Bertz CT molecular complexity index is 289. The van der Waals surface area contributed by atoms with Crippen molar-refractivity contribution in [2.45, 2.75) is 24.8 Å². The van der Waals surface area contributed by atoms with Crippen LogP contribution in [0.4, 0.5) is 0 Å². The Morgan fingerprint density at radius 1 is 1.46 bits per heavy atom. The van der Waals surface area contributed by atoms with E-state index in [1.807, 2.05) is 6.07 Å². The lowest BCUT2D eigenvalue weighted by atomic mass is 10.4. The van der Waals surface area contributed by atoms with Crippen molar-refractivity contribution < 1.29 is 0 Å². The Morgan fingerprint density at radius 3 is 2.85 bits per heavy atom. The minimum atomic E-state index is 0.375. The normalized spacial score (nSPS) is 9.54. The van der Waals surface area contributed by atoms with Crippen molar-refractivity contribution in [3.05, 3.63) is 18.1 Å². The number of rotatable bonds is 4. The number of aromatic nitrogens is 2. The van der Waals surface area contributed by atoms with Crippen LogP contribution in [0.25, 0.3) is 0 Å². The Balaban J connectivity index is 2.46. The van der Waals surface area contributed by atoms with Crippen LogP contribution in [0.5, 0.6) is 0 Å². The maximum Gasteiger partial charge on any atom is 0.158 e. The summed E-state index contributed by atoms with van der Waals surface area (Å²) in [7, 11) is 0. The van der Waals surface area contributed by atoms with E-state index in [0.717, 1.165) is 10.8 Å². The molecule has 1 aromatic rings. The zero-order valence-corrected chi connectivity index (χ0v) is 8.34. The van der Waals surface area contributed by atoms with Crippen LogP contribution in [0.1, 0.15) is 25.5 Å². The fourth-order valence-corrected chi connectivity index (χ4v) is 1.67. The van der Waals surface area contributed by atoms with Gasteiger partial charge in [0.15, 0.2) is 5.69 Å². The average molecular weight is 193 g/mol. The summed E-state index contributed by atoms with van der Waals surface area (Å²) >= 11 is 1.68. The molecule has 0 aliphatic heterocycles. The first-order chi connectivity index (χ1) is 6.36. The number of hydrogen-bond donors (Lipinski definition) is 0.